The molecule has 0 spiro atoms. The average Bonchev–Trinajstić information content (AvgIpc) is 2.58. The number of piperazine rings is 1. The molecule has 2 atom stereocenters. The van der Waals surface area contributed by atoms with Gasteiger partial charge in [0.2, 0.25) is 5.91 Å². The minimum absolute atomic E-state index is 0.207. The highest BCUT2D eigenvalue weighted by atomic mass is 16.2. The second-order valence-corrected chi connectivity index (χ2v) is 7.49. The predicted molar refractivity (Wildman–Crippen MR) is 99.4 cm³/mol. The molecule has 24 heavy (non-hydrogen) atoms. The number of nitrogens with one attached hydrogen (secondary N) is 1. The molecule has 1 heterocycles. The molecule has 2 fully saturated rings. The van der Waals surface area contributed by atoms with Gasteiger partial charge in [0.25, 0.3) is 0 Å². The molecule has 0 unspecified atom stereocenters. The highest BCUT2D eigenvalue weighted by molar-refractivity contribution is 5.78. The van der Waals surface area contributed by atoms with E-state index >= 15 is 0 Å². The summed E-state index contributed by atoms with van der Waals surface area (Å²) in [6.45, 7) is 8.90. The Hall–Kier alpha value is -1.55. The van der Waals surface area contributed by atoms with Gasteiger partial charge in [-0.25, -0.2) is 0 Å². The van der Waals surface area contributed by atoms with E-state index in [2.05, 4.69) is 53.2 Å². The molecule has 0 bridgehead atoms. The van der Waals surface area contributed by atoms with Crippen LogP contribution in [-0.4, -0.2) is 49.6 Å². The molecule has 2 aliphatic rings. The molecule has 1 aromatic rings. The van der Waals surface area contributed by atoms with E-state index in [-0.39, 0.29) is 5.91 Å². The number of aryl methyl sites for hydroxylation is 1. The first-order valence-electron chi connectivity index (χ1n) is 9.46. The van der Waals surface area contributed by atoms with Crippen LogP contribution in [-0.2, 0) is 4.79 Å². The van der Waals surface area contributed by atoms with E-state index in [9.17, 15) is 4.79 Å². The summed E-state index contributed by atoms with van der Waals surface area (Å²) >= 11 is 0. The van der Waals surface area contributed by atoms with Crippen molar-refractivity contribution in [3.05, 3.63) is 29.8 Å². The van der Waals surface area contributed by atoms with Crippen LogP contribution in [0.25, 0.3) is 0 Å². The average molecular weight is 329 g/mol. The summed E-state index contributed by atoms with van der Waals surface area (Å²) in [5.74, 6) is 0.832. The lowest BCUT2D eigenvalue weighted by Crippen LogP contribution is -2.51. The summed E-state index contributed by atoms with van der Waals surface area (Å²) in [6.07, 6.45) is 4.97. The quantitative estimate of drug-likeness (QED) is 0.923. The first-order valence-corrected chi connectivity index (χ1v) is 9.46. The Morgan fingerprint density at radius 1 is 1.12 bits per heavy atom. The van der Waals surface area contributed by atoms with Gasteiger partial charge in [0, 0.05) is 37.9 Å². The number of amides is 1. The lowest BCUT2D eigenvalue weighted by Gasteiger charge is -2.37. The molecule has 132 valence electrons. The van der Waals surface area contributed by atoms with Crippen molar-refractivity contribution < 1.29 is 4.79 Å². The molecule has 0 aromatic heterocycles. The lowest BCUT2D eigenvalue weighted by molar-refractivity contribution is -0.123. The fourth-order valence-corrected chi connectivity index (χ4v) is 4.05. The number of carbonyl (C=O) groups is 1. The molecule has 1 amide bonds. The van der Waals surface area contributed by atoms with Crippen molar-refractivity contribution in [3.8, 4) is 0 Å². The van der Waals surface area contributed by atoms with Crippen LogP contribution >= 0.6 is 0 Å². The maximum atomic E-state index is 12.4. The molecular formula is C20H31N3O. The standard InChI is InChI=1S/C20H31N3O/c1-16-7-3-5-9-18(16)21-20(24)15-22-11-13-23(14-12-22)19-10-6-4-8-17(19)2/h4,6,8,10,16,18H,3,5,7,9,11-15H2,1-2H3,(H,21,24)/t16-,18+/m1/s1. The Kier molecular flexibility index (Phi) is 5.77. The van der Waals surface area contributed by atoms with Gasteiger partial charge in [0.15, 0.2) is 0 Å². The highest BCUT2D eigenvalue weighted by Gasteiger charge is 2.25. The van der Waals surface area contributed by atoms with Gasteiger partial charge in [-0.1, -0.05) is 38.0 Å². The Bertz CT molecular complexity index is 552. The molecule has 1 aliphatic carbocycles. The lowest BCUT2D eigenvalue weighted by atomic mass is 9.86. The summed E-state index contributed by atoms with van der Waals surface area (Å²) in [5, 5.41) is 3.27. The highest BCUT2D eigenvalue weighted by Crippen LogP contribution is 2.24. The predicted octanol–water partition coefficient (Wildman–Crippen LogP) is 2.81. The third kappa shape index (κ3) is 4.29. The minimum Gasteiger partial charge on any atom is -0.369 e. The van der Waals surface area contributed by atoms with Crippen molar-refractivity contribution in [2.24, 2.45) is 5.92 Å². The molecule has 3 rings (SSSR count). The van der Waals surface area contributed by atoms with Gasteiger partial charge < -0.3 is 10.2 Å². The second kappa shape index (κ2) is 8.02. The van der Waals surface area contributed by atoms with Crippen molar-refractivity contribution in [1.29, 1.82) is 0 Å². The van der Waals surface area contributed by atoms with Crippen LogP contribution in [0.3, 0.4) is 0 Å². The molecule has 1 aromatic carbocycles. The number of anilines is 1. The maximum absolute atomic E-state index is 12.4. The van der Waals surface area contributed by atoms with Crippen LogP contribution in [0.5, 0.6) is 0 Å². The van der Waals surface area contributed by atoms with E-state index in [0.29, 0.717) is 18.5 Å². The smallest absolute Gasteiger partial charge is 0.234 e. The van der Waals surface area contributed by atoms with Crippen molar-refractivity contribution in [1.82, 2.24) is 10.2 Å². The van der Waals surface area contributed by atoms with Crippen LogP contribution in [0.4, 0.5) is 5.69 Å². The van der Waals surface area contributed by atoms with Gasteiger partial charge in [-0.3, -0.25) is 9.69 Å². The number of rotatable bonds is 4. The summed E-state index contributed by atoms with van der Waals surface area (Å²) in [7, 11) is 0. The summed E-state index contributed by atoms with van der Waals surface area (Å²) < 4.78 is 0. The number of para-hydroxylation sites is 1. The number of hydrogen-bond acceptors (Lipinski definition) is 3. The Morgan fingerprint density at radius 2 is 1.83 bits per heavy atom. The maximum Gasteiger partial charge on any atom is 0.234 e. The van der Waals surface area contributed by atoms with E-state index in [1.807, 2.05) is 0 Å². The Labute approximate surface area is 146 Å². The first-order chi connectivity index (χ1) is 11.6. The van der Waals surface area contributed by atoms with Crippen LogP contribution in [0.2, 0.25) is 0 Å². The largest absolute Gasteiger partial charge is 0.369 e. The number of nitrogens with zero attached hydrogens (tertiary/aromatic N) is 2. The third-order valence-electron chi connectivity index (χ3n) is 5.65. The molecule has 4 nitrogen and oxygen atoms in total. The molecule has 0 radical (unpaired) electrons. The first kappa shape index (κ1) is 17.3. The molecule has 1 saturated carbocycles. The van der Waals surface area contributed by atoms with Gasteiger partial charge in [-0.2, -0.15) is 0 Å². The van der Waals surface area contributed by atoms with Crippen LogP contribution in [0, 0.1) is 12.8 Å². The zero-order chi connectivity index (χ0) is 16.9. The Morgan fingerprint density at radius 3 is 2.54 bits per heavy atom. The Balaban J connectivity index is 1.45. The van der Waals surface area contributed by atoms with Gasteiger partial charge in [0.1, 0.15) is 0 Å². The number of benzene rings is 1. The van der Waals surface area contributed by atoms with Crippen molar-refractivity contribution in [2.75, 3.05) is 37.6 Å². The summed E-state index contributed by atoms with van der Waals surface area (Å²) in [4.78, 5) is 17.1. The molecule has 1 N–H and O–H groups in total. The van der Waals surface area contributed by atoms with Crippen LogP contribution < -0.4 is 10.2 Å². The van der Waals surface area contributed by atoms with Crippen molar-refractivity contribution >= 4 is 11.6 Å². The number of hydrogen-bond donors (Lipinski definition) is 1. The van der Waals surface area contributed by atoms with Crippen LogP contribution in [0.1, 0.15) is 38.2 Å². The van der Waals surface area contributed by atoms with Gasteiger partial charge in [-0.05, 0) is 37.3 Å². The summed E-state index contributed by atoms with van der Waals surface area (Å²) in [6, 6.07) is 8.95. The van der Waals surface area contributed by atoms with E-state index < -0.39 is 0 Å². The zero-order valence-corrected chi connectivity index (χ0v) is 15.1. The number of carbonyl (C=O) groups excluding carboxylic acids is 1. The SMILES string of the molecule is Cc1ccccc1N1CCN(CC(=O)N[C@H]2CCCC[C@H]2C)CC1. The van der Waals surface area contributed by atoms with Gasteiger partial charge >= 0.3 is 0 Å². The van der Waals surface area contributed by atoms with E-state index in [0.717, 1.165) is 32.6 Å². The van der Waals surface area contributed by atoms with Crippen molar-refractivity contribution in [2.45, 2.75) is 45.6 Å². The second-order valence-electron chi connectivity index (χ2n) is 7.49. The monoisotopic (exact) mass is 329 g/mol. The van der Waals surface area contributed by atoms with Crippen molar-refractivity contribution in [3.63, 3.8) is 0 Å². The van der Waals surface area contributed by atoms with E-state index in [1.165, 1.54) is 30.5 Å². The van der Waals surface area contributed by atoms with E-state index in [1.54, 1.807) is 0 Å². The third-order valence-corrected chi connectivity index (χ3v) is 5.65. The fourth-order valence-electron chi connectivity index (χ4n) is 4.05. The molecule has 4 heteroatoms. The zero-order valence-electron chi connectivity index (χ0n) is 15.1. The van der Waals surface area contributed by atoms with Gasteiger partial charge in [0.05, 0.1) is 6.54 Å². The molecule has 1 saturated heterocycles. The minimum atomic E-state index is 0.207. The fraction of sp³-hybridized carbons (Fsp3) is 0.650. The molecular weight excluding hydrogens is 298 g/mol. The van der Waals surface area contributed by atoms with Gasteiger partial charge in [-0.15, -0.1) is 0 Å². The molecule has 1 aliphatic heterocycles. The topological polar surface area (TPSA) is 35.6 Å². The van der Waals surface area contributed by atoms with E-state index in [4.69, 9.17) is 0 Å². The summed E-state index contributed by atoms with van der Waals surface area (Å²) in [5.41, 5.74) is 2.66. The van der Waals surface area contributed by atoms with Crippen LogP contribution in [0.15, 0.2) is 24.3 Å². The normalized spacial score (nSPS) is 25.5.